The summed E-state index contributed by atoms with van der Waals surface area (Å²) in [5.74, 6) is -1.01. The van der Waals surface area contributed by atoms with Crippen molar-refractivity contribution in [2.45, 2.75) is 0 Å². The van der Waals surface area contributed by atoms with E-state index in [2.05, 4.69) is 20.5 Å². The molecule has 0 saturated heterocycles. The van der Waals surface area contributed by atoms with Gasteiger partial charge in [-0.05, 0) is 24.3 Å². The minimum Gasteiger partial charge on any atom is -0.354 e. The molecule has 0 spiro atoms. The lowest BCUT2D eigenvalue weighted by molar-refractivity contribution is 0.0827. The maximum absolute atomic E-state index is 13.0. The smallest absolute Gasteiger partial charge is 0.279 e. The second-order valence-corrected chi connectivity index (χ2v) is 6.60. The molecule has 3 rings (SSSR count). The molecule has 30 heavy (non-hydrogen) atoms. The van der Waals surface area contributed by atoms with E-state index < -0.39 is 18.4 Å². The predicted octanol–water partition coefficient (Wildman–Crippen LogP) is 1.48. The van der Waals surface area contributed by atoms with Crippen molar-refractivity contribution >= 4 is 34.8 Å². The number of hydrogen-bond donors (Lipinski definition) is 2. The average molecular weight is 431 g/mol. The first-order valence-corrected chi connectivity index (χ1v) is 8.86. The zero-order valence-corrected chi connectivity index (χ0v) is 16.6. The van der Waals surface area contributed by atoms with Gasteiger partial charge in [0.1, 0.15) is 11.5 Å². The summed E-state index contributed by atoms with van der Waals surface area (Å²) in [5, 5.41) is 11.7. The van der Waals surface area contributed by atoms with Crippen LogP contribution < -0.4 is 16.2 Å². The lowest BCUT2D eigenvalue weighted by atomic mass is 10.2. The third kappa shape index (κ3) is 4.28. The van der Waals surface area contributed by atoms with Crippen molar-refractivity contribution in [1.29, 1.82) is 0 Å². The van der Waals surface area contributed by atoms with Gasteiger partial charge in [-0.25, -0.2) is 4.98 Å². The molecule has 0 bridgehead atoms. The van der Waals surface area contributed by atoms with Crippen molar-refractivity contribution in [2.24, 2.45) is 0 Å². The van der Waals surface area contributed by atoms with Crippen molar-refractivity contribution in [3.8, 4) is 5.82 Å². The van der Waals surface area contributed by atoms with E-state index in [1.54, 1.807) is 31.5 Å². The van der Waals surface area contributed by atoms with Crippen LogP contribution in [0.2, 0.25) is 5.15 Å². The molecule has 0 radical (unpaired) electrons. The van der Waals surface area contributed by atoms with E-state index in [0.717, 1.165) is 0 Å². The predicted molar refractivity (Wildman–Crippen MR) is 112 cm³/mol. The number of aromatic nitrogens is 4. The first-order chi connectivity index (χ1) is 15.5. The topological polar surface area (TPSA) is 122 Å². The fourth-order valence-corrected chi connectivity index (χ4v) is 2.67. The maximum atomic E-state index is 13.0. The van der Waals surface area contributed by atoms with Crippen molar-refractivity contribution in [1.82, 2.24) is 30.0 Å². The molecular formula is C19H18ClN7O3. The number of halogens is 1. The van der Waals surface area contributed by atoms with Gasteiger partial charge in [-0.15, -0.1) is 10.2 Å². The zero-order valence-electron chi connectivity index (χ0n) is 18.9. The summed E-state index contributed by atoms with van der Waals surface area (Å²) in [6, 6.07) is 7.30. The Morgan fingerprint density at radius 2 is 2.00 bits per heavy atom. The van der Waals surface area contributed by atoms with Gasteiger partial charge in [0.05, 0.1) is 11.3 Å². The molecule has 3 aromatic rings. The Morgan fingerprint density at radius 1 is 1.20 bits per heavy atom. The lowest BCUT2D eigenvalue weighted by Crippen LogP contribution is -2.24. The highest BCUT2D eigenvalue weighted by atomic mass is 35.5. The molecule has 0 atom stereocenters. The van der Waals surface area contributed by atoms with Gasteiger partial charge >= 0.3 is 0 Å². The Hall–Kier alpha value is -3.79. The van der Waals surface area contributed by atoms with Gasteiger partial charge in [0.15, 0.2) is 10.8 Å². The van der Waals surface area contributed by atoms with Crippen LogP contribution in [0.4, 0.5) is 11.4 Å². The van der Waals surface area contributed by atoms with E-state index >= 15 is 0 Å². The number of hydrogen-bond acceptors (Lipinski definition) is 7. The van der Waals surface area contributed by atoms with E-state index in [0.29, 0.717) is 5.56 Å². The zero-order chi connectivity index (χ0) is 24.3. The van der Waals surface area contributed by atoms with Crippen molar-refractivity contribution < 1.29 is 13.7 Å². The summed E-state index contributed by atoms with van der Waals surface area (Å²) < 4.78 is 22.8. The Bertz CT molecular complexity index is 1260. The standard InChI is InChI=1S/C19H18ClN7O3/c1-21-17(28)16-13(9-14(20)24-25-16)23-12-5-4-8-27(19(12)30)15-7-6-11(10-22-15)18(29)26(2)3/h4-10H,1-3H3,(H,21,28)(H,23,24)/i1D3. The highest BCUT2D eigenvalue weighted by Crippen LogP contribution is 2.20. The van der Waals surface area contributed by atoms with Crippen LogP contribution in [0.3, 0.4) is 0 Å². The lowest BCUT2D eigenvalue weighted by Gasteiger charge is -2.12. The molecule has 3 aromatic heterocycles. The Labute approximate surface area is 180 Å². The van der Waals surface area contributed by atoms with Crippen LogP contribution in [-0.2, 0) is 0 Å². The first kappa shape index (κ1) is 17.1. The summed E-state index contributed by atoms with van der Waals surface area (Å²) in [7, 11) is 3.23. The third-order valence-electron chi connectivity index (χ3n) is 3.96. The van der Waals surface area contributed by atoms with Gasteiger partial charge in [0, 0.05) is 43.6 Å². The van der Waals surface area contributed by atoms with Crippen molar-refractivity contribution in [3.05, 3.63) is 69.5 Å². The minimum atomic E-state index is -2.75. The highest BCUT2D eigenvalue weighted by Gasteiger charge is 2.16. The molecule has 11 heteroatoms. The molecule has 3 heterocycles. The average Bonchev–Trinajstić information content (AvgIpc) is 2.73. The van der Waals surface area contributed by atoms with Gasteiger partial charge < -0.3 is 15.5 Å². The second kappa shape index (κ2) is 8.70. The SMILES string of the molecule is [2H]C([2H])([2H])NC(=O)c1nnc(Cl)cc1Nc1cccn(-c2ccc(C(=O)N(C)C)cn2)c1=O. The molecule has 0 aliphatic rings. The Balaban J connectivity index is 1.96. The number of amides is 2. The van der Waals surface area contributed by atoms with E-state index in [9.17, 15) is 14.4 Å². The van der Waals surface area contributed by atoms with Gasteiger partial charge in [0.25, 0.3) is 17.4 Å². The molecule has 0 aliphatic heterocycles. The molecule has 154 valence electrons. The monoisotopic (exact) mass is 430 g/mol. The first-order valence-electron chi connectivity index (χ1n) is 9.99. The summed E-state index contributed by atoms with van der Waals surface area (Å²) in [6.07, 6.45) is 2.83. The van der Waals surface area contributed by atoms with Gasteiger partial charge in [-0.1, -0.05) is 11.6 Å². The van der Waals surface area contributed by atoms with Crippen LogP contribution in [0.15, 0.2) is 47.5 Å². The molecule has 0 fully saturated rings. The van der Waals surface area contributed by atoms with Crippen molar-refractivity contribution in [2.75, 3.05) is 26.4 Å². The van der Waals surface area contributed by atoms with E-state index in [-0.39, 0.29) is 33.9 Å². The molecule has 0 saturated carbocycles. The summed E-state index contributed by atoms with van der Waals surface area (Å²) in [5.41, 5.74) is -0.540. The van der Waals surface area contributed by atoms with E-state index in [4.69, 9.17) is 15.7 Å². The summed E-state index contributed by atoms with van der Waals surface area (Å²) >= 11 is 5.87. The number of pyridine rings is 2. The molecular weight excluding hydrogens is 410 g/mol. The van der Waals surface area contributed by atoms with Crippen LogP contribution >= 0.6 is 11.6 Å². The van der Waals surface area contributed by atoms with E-state index in [1.807, 2.05) is 0 Å². The van der Waals surface area contributed by atoms with Crippen LogP contribution in [0.1, 0.15) is 25.0 Å². The summed E-state index contributed by atoms with van der Waals surface area (Å²) in [4.78, 5) is 42.9. The van der Waals surface area contributed by atoms with Crippen LogP contribution in [0.5, 0.6) is 0 Å². The van der Waals surface area contributed by atoms with Crippen LogP contribution in [0.25, 0.3) is 5.82 Å². The van der Waals surface area contributed by atoms with Crippen LogP contribution in [-0.4, -0.2) is 57.5 Å². The number of anilines is 2. The maximum Gasteiger partial charge on any atom is 0.279 e. The van der Waals surface area contributed by atoms with Crippen LogP contribution in [0, 0.1) is 0 Å². The molecule has 0 aromatic carbocycles. The largest absolute Gasteiger partial charge is 0.354 e. The molecule has 0 unspecified atom stereocenters. The van der Waals surface area contributed by atoms with Gasteiger partial charge in [-0.2, -0.15) is 0 Å². The molecule has 0 aliphatic carbocycles. The normalized spacial score (nSPS) is 12.3. The number of rotatable bonds is 5. The van der Waals surface area contributed by atoms with Gasteiger partial charge in [0.2, 0.25) is 0 Å². The Morgan fingerprint density at radius 3 is 2.67 bits per heavy atom. The fourth-order valence-electron chi connectivity index (χ4n) is 2.52. The quantitative estimate of drug-likeness (QED) is 0.628. The summed E-state index contributed by atoms with van der Waals surface area (Å²) in [6.45, 7) is -2.75. The third-order valence-corrected chi connectivity index (χ3v) is 4.14. The molecule has 2 N–H and O–H groups in total. The minimum absolute atomic E-state index is 0.0218. The highest BCUT2D eigenvalue weighted by molar-refractivity contribution is 6.29. The number of carbonyl (C=O) groups is 2. The number of nitrogens with zero attached hydrogens (tertiary/aromatic N) is 5. The molecule has 2 amide bonds. The fraction of sp³-hybridized carbons (Fsp3) is 0.158. The molecule has 10 nitrogen and oxygen atoms in total. The van der Waals surface area contributed by atoms with E-state index in [1.165, 1.54) is 40.1 Å². The van der Waals surface area contributed by atoms with Gasteiger partial charge in [-0.3, -0.25) is 19.0 Å². The second-order valence-electron chi connectivity index (χ2n) is 6.21. The Kier molecular flexibility index (Phi) is 4.96. The van der Waals surface area contributed by atoms with Crippen molar-refractivity contribution in [3.63, 3.8) is 0 Å². The number of carbonyl (C=O) groups excluding carboxylic acids is 2. The number of nitrogens with one attached hydrogen (secondary N) is 2.